The van der Waals surface area contributed by atoms with Gasteiger partial charge in [-0.25, -0.2) is 0 Å². The van der Waals surface area contributed by atoms with Gasteiger partial charge in [-0.1, -0.05) is 80.6 Å². The molecule has 2 aromatic heterocycles. The molecular formula is C26H20N2O. The lowest BCUT2D eigenvalue weighted by molar-refractivity contribution is 0.596. The number of rotatable bonds is 2. The summed E-state index contributed by atoms with van der Waals surface area (Å²) in [5, 5.41) is 0. The van der Waals surface area contributed by atoms with E-state index >= 15 is 0 Å². The van der Waals surface area contributed by atoms with Gasteiger partial charge in [0.25, 0.3) is 0 Å². The van der Waals surface area contributed by atoms with E-state index in [0.717, 1.165) is 22.5 Å². The van der Waals surface area contributed by atoms with Gasteiger partial charge in [0.15, 0.2) is 0 Å². The van der Waals surface area contributed by atoms with Crippen molar-refractivity contribution in [3.63, 3.8) is 0 Å². The Kier molecular flexibility index (Phi) is 3.22. The van der Waals surface area contributed by atoms with Crippen molar-refractivity contribution in [3.8, 4) is 33.6 Å². The van der Waals surface area contributed by atoms with Gasteiger partial charge in [0.2, 0.25) is 0 Å². The van der Waals surface area contributed by atoms with Gasteiger partial charge in [0.05, 0.1) is 5.69 Å². The molecule has 29 heavy (non-hydrogen) atoms. The van der Waals surface area contributed by atoms with Crippen molar-refractivity contribution in [3.05, 3.63) is 96.4 Å². The second-order valence-corrected chi connectivity index (χ2v) is 8.16. The summed E-state index contributed by atoms with van der Waals surface area (Å²) in [6, 6.07) is 25.8. The van der Waals surface area contributed by atoms with E-state index in [4.69, 9.17) is 9.40 Å². The smallest absolute Gasteiger partial charge is 0.306 e. The standard InChI is InChI=1S/C26H20N2O/c1-26(2)21-11-7-6-10-19(21)20-13-12-18(16-22(20)26)23-24(17-8-4-3-5-9-17)28-14-15-29-25(28)27-23/h3-16H,1-2H3. The molecule has 0 bridgehead atoms. The van der Waals surface area contributed by atoms with Crippen molar-refractivity contribution in [2.45, 2.75) is 19.3 Å². The fourth-order valence-corrected chi connectivity index (χ4v) is 4.71. The molecule has 140 valence electrons. The minimum atomic E-state index is -0.0340. The molecule has 0 spiro atoms. The molecule has 0 atom stereocenters. The third-order valence-corrected chi connectivity index (χ3v) is 6.17. The lowest BCUT2D eigenvalue weighted by Gasteiger charge is -2.21. The zero-order valence-electron chi connectivity index (χ0n) is 16.4. The summed E-state index contributed by atoms with van der Waals surface area (Å²) in [5.41, 5.74) is 9.59. The lowest BCUT2D eigenvalue weighted by Crippen LogP contribution is -2.14. The van der Waals surface area contributed by atoms with E-state index in [1.165, 1.54) is 22.3 Å². The Balaban J connectivity index is 1.60. The molecule has 0 aliphatic heterocycles. The molecule has 0 fully saturated rings. The zero-order valence-corrected chi connectivity index (χ0v) is 16.4. The number of hydrogen-bond donors (Lipinski definition) is 0. The largest absolute Gasteiger partial charge is 0.432 e. The minimum absolute atomic E-state index is 0.0340. The highest BCUT2D eigenvalue weighted by Crippen LogP contribution is 2.49. The molecule has 0 unspecified atom stereocenters. The van der Waals surface area contributed by atoms with E-state index < -0.39 is 0 Å². The Labute approximate surface area is 169 Å². The predicted molar refractivity (Wildman–Crippen MR) is 116 cm³/mol. The van der Waals surface area contributed by atoms with Gasteiger partial charge in [-0.05, 0) is 28.3 Å². The van der Waals surface area contributed by atoms with E-state index in [-0.39, 0.29) is 5.41 Å². The highest BCUT2D eigenvalue weighted by molar-refractivity contribution is 5.86. The second-order valence-electron chi connectivity index (χ2n) is 8.16. The Bertz CT molecular complexity index is 1370. The SMILES string of the molecule is CC1(C)c2ccccc2-c2ccc(-c3nc4occn4c3-c3ccccc3)cc21. The van der Waals surface area contributed by atoms with Crippen LogP contribution in [-0.2, 0) is 5.41 Å². The summed E-state index contributed by atoms with van der Waals surface area (Å²) >= 11 is 0. The van der Waals surface area contributed by atoms with Crippen molar-refractivity contribution in [2.75, 3.05) is 0 Å². The van der Waals surface area contributed by atoms with Crippen LogP contribution < -0.4 is 0 Å². The molecule has 3 heteroatoms. The fraction of sp³-hybridized carbons (Fsp3) is 0.115. The zero-order chi connectivity index (χ0) is 19.6. The molecule has 3 aromatic carbocycles. The summed E-state index contributed by atoms with van der Waals surface area (Å²) < 4.78 is 7.64. The van der Waals surface area contributed by atoms with Crippen LogP contribution >= 0.6 is 0 Å². The number of imidazole rings is 1. The van der Waals surface area contributed by atoms with Crippen LogP contribution in [0.1, 0.15) is 25.0 Å². The average molecular weight is 376 g/mol. The molecule has 5 aromatic rings. The van der Waals surface area contributed by atoms with Crippen LogP contribution in [0.15, 0.2) is 89.7 Å². The first kappa shape index (κ1) is 16.4. The van der Waals surface area contributed by atoms with Crippen molar-refractivity contribution in [2.24, 2.45) is 0 Å². The maximum absolute atomic E-state index is 5.62. The number of aromatic nitrogens is 2. The van der Waals surface area contributed by atoms with Gasteiger partial charge in [-0.15, -0.1) is 0 Å². The second kappa shape index (κ2) is 5.71. The van der Waals surface area contributed by atoms with Crippen molar-refractivity contribution < 1.29 is 4.42 Å². The first-order chi connectivity index (χ1) is 14.1. The van der Waals surface area contributed by atoms with Gasteiger partial charge in [-0.3, -0.25) is 4.40 Å². The Morgan fingerprint density at radius 3 is 2.41 bits per heavy atom. The predicted octanol–water partition coefficient (Wildman–Crippen LogP) is 6.57. The van der Waals surface area contributed by atoms with Gasteiger partial charge in [0, 0.05) is 22.7 Å². The van der Waals surface area contributed by atoms with Gasteiger partial charge in [0.1, 0.15) is 12.0 Å². The van der Waals surface area contributed by atoms with E-state index in [2.05, 4.69) is 80.6 Å². The molecule has 6 rings (SSSR count). The summed E-state index contributed by atoms with van der Waals surface area (Å²) in [6.07, 6.45) is 3.61. The van der Waals surface area contributed by atoms with Crippen LogP contribution in [0.3, 0.4) is 0 Å². The molecule has 0 saturated heterocycles. The van der Waals surface area contributed by atoms with Crippen LogP contribution in [0.25, 0.3) is 39.5 Å². The van der Waals surface area contributed by atoms with Crippen molar-refractivity contribution in [1.29, 1.82) is 0 Å². The average Bonchev–Trinajstić information content (AvgIpc) is 3.40. The molecule has 1 aliphatic rings. The highest BCUT2D eigenvalue weighted by Gasteiger charge is 2.35. The minimum Gasteiger partial charge on any atom is -0.432 e. The molecule has 0 saturated carbocycles. The quantitative estimate of drug-likeness (QED) is 0.349. The van der Waals surface area contributed by atoms with E-state index in [0.29, 0.717) is 5.84 Å². The molecular weight excluding hydrogens is 356 g/mol. The van der Waals surface area contributed by atoms with E-state index in [1.807, 2.05) is 16.7 Å². The highest BCUT2D eigenvalue weighted by atomic mass is 16.3. The Hall–Kier alpha value is -3.59. The van der Waals surface area contributed by atoms with Gasteiger partial charge >= 0.3 is 5.84 Å². The first-order valence-electron chi connectivity index (χ1n) is 9.90. The summed E-state index contributed by atoms with van der Waals surface area (Å²) in [5.74, 6) is 0.613. The Morgan fingerprint density at radius 1 is 0.793 bits per heavy atom. The summed E-state index contributed by atoms with van der Waals surface area (Å²) in [6.45, 7) is 4.61. The van der Waals surface area contributed by atoms with Gasteiger partial charge in [-0.2, -0.15) is 4.98 Å². The normalized spacial score (nSPS) is 14.1. The van der Waals surface area contributed by atoms with Crippen molar-refractivity contribution in [1.82, 2.24) is 9.38 Å². The molecule has 0 N–H and O–H groups in total. The first-order valence-corrected chi connectivity index (χ1v) is 9.90. The third kappa shape index (κ3) is 2.21. The molecule has 2 heterocycles. The van der Waals surface area contributed by atoms with Crippen LogP contribution in [0.5, 0.6) is 0 Å². The summed E-state index contributed by atoms with van der Waals surface area (Å²) in [7, 11) is 0. The maximum Gasteiger partial charge on any atom is 0.306 e. The maximum atomic E-state index is 5.62. The van der Waals surface area contributed by atoms with Crippen LogP contribution in [0, 0.1) is 0 Å². The molecule has 3 nitrogen and oxygen atoms in total. The van der Waals surface area contributed by atoms with Gasteiger partial charge < -0.3 is 4.42 Å². The van der Waals surface area contributed by atoms with Crippen LogP contribution in [0.4, 0.5) is 0 Å². The number of benzene rings is 3. The lowest BCUT2D eigenvalue weighted by atomic mass is 9.82. The van der Waals surface area contributed by atoms with E-state index in [1.54, 1.807) is 6.26 Å². The molecule has 0 radical (unpaired) electrons. The number of hydrogen-bond acceptors (Lipinski definition) is 2. The molecule has 0 amide bonds. The third-order valence-electron chi connectivity index (χ3n) is 6.17. The number of nitrogens with zero attached hydrogens (tertiary/aromatic N) is 2. The summed E-state index contributed by atoms with van der Waals surface area (Å²) in [4.78, 5) is 4.84. The number of fused-ring (bicyclic) bond motifs is 4. The van der Waals surface area contributed by atoms with Crippen LogP contribution in [-0.4, -0.2) is 9.38 Å². The monoisotopic (exact) mass is 376 g/mol. The number of oxazole rings is 1. The van der Waals surface area contributed by atoms with E-state index in [9.17, 15) is 0 Å². The fourth-order valence-electron chi connectivity index (χ4n) is 4.71. The topological polar surface area (TPSA) is 30.4 Å². The molecule has 1 aliphatic carbocycles. The van der Waals surface area contributed by atoms with Crippen LogP contribution in [0.2, 0.25) is 0 Å². The Morgan fingerprint density at radius 2 is 1.55 bits per heavy atom. The van der Waals surface area contributed by atoms with Crippen molar-refractivity contribution >= 4 is 5.84 Å².